The number of likely N-dealkylation sites (N-methyl/N-ethyl adjacent to an activating group) is 1. The molecular weight excluding hydrogens is 669 g/mol. The maximum Gasteiger partial charge on any atom is 0.409 e. The molecule has 310 valence electrons. The minimum Gasteiger partial charge on any atom is -0.448 e. The summed E-state index contributed by atoms with van der Waals surface area (Å²) in [5.41, 5.74) is -0.237. The summed E-state index contributed by atoms with van der Waals surface area (Å²) in [7, 11) is 3.98. The number of hydrogen-bond acceptors (Lipinski definition) is 5. The number of amides is 1. The molecule has 0 N–H and O–H groups in total. The van der Waals surface area contributed by atoms with Crippen molar-refractivity contribution in [1.82, 2.24) is 9.80 Å². The van der Waals surface area contributed by atoms with Gasteiger partial charge in [0.15, 0.2) is 5.79 Å². The number of carbonyl (C=O) groups is 1. The molecule has 0 aromatic heterocycles. The molecule has 1 amide bonds. The van der Waals surface area contributed by atoms with Crippen LogP contribution in [0.15, 0.2) is 60.8 Å². The molecule has 2 aliphatic rings. The monoisotopic (exact) mass is 753 g/mol. The van der Waals surface area contributed by atoms with E-state index in [9.17, 15) is 4.79 Å². The molecule has 2 atom stereocenters. The predicted molar refractivity (Wildman–Crippen MR) is 231 cm³/mol. The molecule has 2 saturated heterocycles. The van der Waals surface area contributed by atoms with Crippen molar-refractivity contribution in [3.8, 4) is 0 Å². The van der Waals surface area contributed by atoms with E-state index in [1.807, 2.05) is 23.9 Å². The first kappa shape index (κ1) is 48.0. The molecule has 0 saturated carbocycles. The Kier molecular flexibility index (Phi) is 28.4. The van der Waals surface area contributed by atoms with Crippen molar-refractivity contribution in [3.05, 3.63) is 60.8 Å². The number of ether oxygens (including phenoxy) is 3. The van der Waals surface area contributed by atoms with E-state index in [0.29, 0.717) is 26.3 Å². The van der Waals surface area contributed by atoms with Gasteiger partial charge in [0.1, 0.15) is 6.61 Å². The first-order valence-corrected chi connectivity index (χ1v) is 22.6. The first-order valence-electron chi connectivity index (χ1n) is 22.6. The Morgan fingerprint density at radius 3 is 1.70 bits per heavy atom. The molecule has 2 heterocycles. The number of nitrogens with zero attached hydrogens (tertiary/aromatic N) is 2. The fraction of sp³-hybridized carbons (Fsp3) is 0.771. The number of likely N-dealkylation sites (tertiary alicyclic amines) is 1. The summed E-state index contributed by atoms with van der Waals surface area (Å²) in [5, 5.41) is 0. The summed E-state index contributed by atoms with van der Waals surface area (Å²) in [6, 6.07) is 0. The van der Waals surface area contributed by atoms with Crippen LogP contribution < -0.4 is 0 Å². The average molecular weight is 753 g/mol. The molecule has 2 aliphatic heterocycles. The van der Waals surface area contributed by atoms with E-state index in [2.05, 4.69) is 74.6 Å². The minimum atomic E-state index is -0.688. The van der Waals surface area contributed by atoms with Crippen LogP contribution in [0.2, 0.25) is 0 Å². The maximum absolute atomic E-state index is 12.9. The van der Waals surface area contributed by atoms with Gasteiger partial charge < -0.3 is 24.0 Å². The number of hydrogen-bond donors (Lipinski definition) is 0. The first-order chi connectivity index (χ1) is 26.4. The second-order valence-corrected chi connectivity index (χ2v) is 16.2. The van der Waals surface area contributed by atoms with Gasteiger partial charge in [-0.2, -0.15) is 0 Å². The molecular formula is C48H84N2O4. The van der Waals surface area contributed by atoms with Crippen LogP contribution >= 0.6 is 0 Å². The Labute approximate surface area is 333 Å². The van der Waals surface area contributed by atoms with Gasteiger partial charge >= 0.3 is 6.09 Å². The van der Waals surface area contributed by atoms with Crippen molar-refractivity contribution in [2.75, 3.05) is 46.9 Å². The average Bonchev–Trinajstić information content (AvgIpc) is 3.50. The van der Waals surface area contributed by atoms with Gasteiger partial charge in [-0.15, -0.1) is 0 Å². The van der Waals surface area contributed by atoms with Gasteiger partial charge in [-0.1, -0.05) is 152 Å². The van der Waals surface area contributed by atoms with Crippen LogP contribution in [0.5, 0.6) is 0 Å². The lowest BCUT2D eigenvalue weighted by Crippen LogP contribution is -2.52. The maximum atomic E-state index is 12.9. The standard InChI is InChI=1S/C48H84N2O4/c1-5-7-9-11-13-15-17-19-21-23-25-27-29-31-33-35-38-47(39-36-34-32-30-28-26-24-22-20-18-16-14-12-10-8-6-2)45-53-48(54-47)40-37-41-50(44-48)46(51)52-43-42-49(3)4/h7,9,13-16,19-22H,5-6,8,10-12,17-18,23-45H2,1-4H3/b9-7-,15-13-,16-14-,21-19-,22-20-. The Balaban J connectivity index is 1.72. The summed E-state index contributed by atoms with van der Waals surface area (Å²) in [6.45, 7) is 7.39. The zero-order valence-electron chi connectivity index (χ0n) is 35.7. The summed E-state index contributed by atoms with van der Waals surface area (Å²) in [5.74, 6) is -0.688. The van der Waals surface area contributed by atoms with Crippen molar-refractivity contribution >= 4 is 6.09 Å². The smallest absolute Gasteiger partial charge is 0.409 e. The third kappa shape index (κ3) is 23.7. The van der Waals surface area contributed by atoms with Gasteiger partial charge in [0.05, 0.1) is 18.8 Å². The lowest BCUT2D eigenvalue weighted by Gasteiger charge is -2.40. The summed E-state index contributed by atoms with van der Waals surface area (Å²) in [4.78, 5) is 16.8. The fourth-order valence-corrected chi connectivity index (χ4v) is 7.52. The molecule has 0 radical (unpaired) electrons. The Morgan fingerprint density at radius 2 is 1.17 bits per heavy atom. The lowest BCUT2D eigenvalue weighted by molar-refractivity contribution is -0.213. The zero-order valence-corrected chi connectivity index (χ0v) is 35.7. The van der Waals surface area contributed by atoms with Gasteiger partial charge in [0.25, 0.3) is 0 Å². The molecule has 0 aliphatic carbocycles. The lowest BCUT2D eigenvalue weighted by atomic mass is 9.90. The fourth-order valence-electron chi connectivity index (χ4n) is 7.52. The largest absolute Gasteiger partial charge is 0.448 e. The van der Waals surface area contributed by atoms with E-state index in [-0.39, 0.29) is 11.7 Å². The molecule has 0 aromatic carbocycles. The third-order valence-electron chi connectivity index (χ3n) is 10.8. The number of rotatable bonds is 32. The van der Waals surface area contributed by atoms with Crippen LogP contribution in [0.25, 0.3) is 0 Å². The summed E-state index contributed by atoms with van der Waals surface area (Å²) >= 11 is 0. The van der Waals surface area contributed by atoms with Crippen molar-refractivity contribution in [3.63, 3.8) is 0 Å². The summed E-state index contributed by atoms with van der Waals surface area (Å²) < 4.78 is 19.2. The molecule has 0 aromatic rings. The van der Waals surface area contributed by atoms with Crippen LogP contribution in [0.4, 0.5) is 4.79 Å². The summed E-state index contributed by atoms with van der Waals surface area (Å²) in [6.07, 6.45) is 53.7. The van der Waals surface area contributed by atoms with Gasteiger partial charge in [-0.25, -0.2) is 4.79 Å². The van der Waals surface area contributed by atoms with Crippen molar-refractivity contribution in [1.29, 1.82) is 0 Å². The van der Waals surface area contributed by atoms with Crippen LogP contribution in [0.3, 0.4) is 0 Å². The molecule has 2 unspecified atom stereocenters. The van der Waals surface area contributed by atoms with Crippen LogP contribution in [-0.2, 0) is 14.2 Å². The Hall–Kier alpha value is -2.15. The van der Waals surface area contributed by atoms with Crippen LogP contribution in [0.1, 0.15) is 181 Å². The molecule has 0 bridgehead atoms. The van der Waals surface area contributed by atoms with E-state index >= 15 is 0 Å². The second-order valence-electron chi connectivity index (χ2n) is 16.2. The van der Waals surface area contributed by atoms with Crippen molar-refractivity contribution in [2.24, 2.45) is 0 Å². The Bertz CT molecular complexity index is 1060. The number of piperidine rings is 1. The highest BCUT2D eigenvalue weighted by molar-refractivity contribution is 5.67. The normalized spacial score (nSPS) is 20.9. The van der Waals surface area contributed by atoms with Gasteiger partial charge in [-0.05, 0) is 97.6 Å². The van der Waals surface area contributed by atoms with Crippen molar-refractivity contribution in [2.45, 2.75) is 192 Å². The van der Waals surface area contributed by atoms with Crippen LogP contribution in [-0.4, -0.2) is 74.2 Å². The highest BCUT2D eigenvalue weighted by Gasteiger charge is 2.52. The van der Waals surface area contributed by atoms with E-state index in [1.165, 1.54) is 116 Å². The van der Waals surface area contributed by atoms with E-state index < -0.39 is 5.79 Å². The number of unbranched alkanes of at least 4 members (excludes halogenated alkanes) is 15. The molecule has 2 rings (SSSR count). The second kappa shape index (κ2) is 32.0. The topological polar surface area (TPSA) is 51.2 Å². The Morgan fingerprint density at radius 1 is 0.667 bits per heavy atom. The van der Waals surface area contributed by atoms with E-state index in [1.54, 1.807) is 0 Å². The van der Waals surface area contributed by atoms with Gasteiger partial charge in [0, 0.05) is 19.5 Å². The number of carbonyl (C=O) groups excluding carboxylic acids is 1. The molecule has 54 heavy (non-hydrogen) atoms. The molecule has 2 fully saturated rings. The van der Waals surface area contributed by atoms with Crippen molar-refractivity contribution < 1.29 is 19.0 Å². The molecule has 6 heteroatoms. The SMILES string of the molecule is CC/C=C\C/C=C\C/C=C\CCCCCCCCC1(CCCCCCCC/C=C\C/C=C\CCCCC)COC2(CCCN(C(=O)OCCN(C)C)C2)O1. The van der Waals surface area contributed by atoms with E-state index in [0.717, 1.165) is 57.9 Å². The highest BCUT2D eigenvalue weighted by atomic mass is 16.8. The minimum absolute atomic E-state index is 0.237. The van der Waals surface area contributed by atoms with Gasteiger partial charge in [-0.3, -0.25) is 0 Å². The molecule has 6 nitrogen and oxygen atoms in total. The van der Waals surface area contributed by atoms with Crippen LogP contribution in [0, 0.1) is 0 Å². The zero-order chi connectivity index (χ0) is 38.8. The van der Waals surface area contributed by atoms with Gasteiger partial charge in [0.2, 0.25) is 0 Å². The third-order valence-corrected chi connectivity index (χ3v) is 10.8. The number of allylic oxidation sites excluding steroid dienone is 10. The predicted octanol–water partition coefficient (Wildman–Crippen LogP) is 13.4. The van der Waals surface area contributed by atoms with E-state index in [4.69, 9.17) is 14.2 Å². The quantitative estimate of drug-likeness (QED) is 0.0506. The highest BCUT2D eigenvalue weighted by Crippen LogP contribution is 2.43. The molecule has 1 spiro atoms.